The summed E-state index contributed by atoms with van der Waals surface area (Å²) in [6.07, 6.45) is 0. The lowest BCUT2D eigenvalue weighted by Gasteiger charge is -2.17. The average molecular weight is 431 g/mol. The molecule has 132 valence electrons. The molecule has 0 saturated heterocycles. The Balaban J connectivity index is 2.02. The van der Waals surface area contributed by atoms with Crippen molar-refractivity contribution < 1.29 is 23.5 Å². The maximum Gasteiger partial charge on any atom is 0.333 e. The van der Waals surface area contributed by atoms with E-state index in [1.165, 1.54) is 19.2 Å². The van der Waals surface area contributed by atoms with Crippen LogP contribution in [0, 0.1) is 5.82 Å². The van der Waals surface area contributed by atoms with Crippen LogP contribution in [0.2, 0.25) is 5.02 Å². The van der Waals surface area contributed by atoms with Crippen LogP contribution in [0.15, 0.2) is 46.9 Å². The van der Waals surface area contributed by atoms with Crippen molar-refractivity contribution in [1.82, 2.24) is 5.32 Å². The zero-order valence-corrected chi connectivity index (χ0v) is 15.4. The molecular formula is C17H14BrClFNO4. The number of carbonyl (C=O) groups excluding carboxylic acids is 2. The first-order valence-electron chi connectivity index (χ1n) is 7.11. The summed E-state index contributed by atoms with van der Waals surface area (Å²) in [6.45, 7) is -0.369. The largest absolute Gasteiger partial charge is 0.484 e. The van der Waals surface area contributed by atoms with Crippen LogP contribution in [0.3, 0.4) is 0 Å². The first-order chi connectivity index (χ1) is 11.9. The van der Waals surface area contributed by atoms with Crippen molar-refractivity contribution in [2.45, 2.75) is 6.04 Å². The number of hydrogen-bond donors (Lipinski definition) is 1. The fourth-order valence-electron chi connectivity index (χ4n) is 1.97. The maximum atomic E-state index is 13.1. The number of ether oxygens (including phenoxy) is 2. The minimum absolute atomic E-state index is 0.111. The van der Waals surface area contributed by atoms with E-state index >= 15 is 0 Å². The quantitative estimate of drug-likeness (QED) is 0.711. The number of amides is 1. The molecule has 0 bridgehead atoms. The zero-order chi connectivity index (χ0) is 18.4. The van der Waals surface area contributed by atoms with E-state index in [2.05, 4.69) is 21.2 Å². The van der Waals surface area contributed by atoms with Crippen molar-refractivity contribution in [2.24, 2.45) is 0 Å². The summed E-state index contributed by atoms with van der Waals surface area (Å²) in [5.74, 6) is -1.50. The van der Waals surface area contributed by atoms with E-state index in [1.807, 2.05) is 0 Å². The third-order valence-electron chi connectivity index (χ3n) is 3.21. The number of rotatable bonds is 6. The summed E-state index contributed by atoms with van der Waals surface area (Å²) in [5.41, 5.74) is 0.563. The average Bonchev–Trinajstić information content (AvgIpc) is 2.61. The molecule has 2 rings (SSSR count). The molecule has 0 aliphatic heterocycles. The fraction of sp³-hybridized carbons (Fsp3) is 0.176. The van der Waals surface area contributed by atoms with Gasteiger partial charge in [-0.3, -0.25) is 4.79 Å². The number of benzene rings is 2. The van der Waals surface area contributed by atoms with Crippen LogP contribution in [0.4, 0.5) is 4.39 Å². The zero-order valence-electron chi connectivity index (χ0n) is 13.1. The standard InChI is InChI=1S/C17H14BrClFNO4/c1-24-17(23)16(10-2-4-11(18)5-3-10)21-15(22)9-25-12-6-7-14(20)13(19)8-12/h2-8,16H,9H2,1H3,(H,21,22). The van der Waals surface area contributed by atoms with Crippen molar-refractivity contribution in [1.29, 1.82) is 0 Å². The lowest BCUT2D eigenvalue weighted by atomic mass is 10.1. The molecule has 1 N–H and O–H groups in total. The Kier molecular flexibility index (Phi) is 6.78. The van der Waals surface area contributed by atoms with Crippen LogP contribution in [0.25, 0.3) is 0 Å². The molecule has 2 aromatic rings. The van der Waals surface area contributed by atoms with Gasteiger partial charge in [-0.25, -0.2) is 9.18 Å². The smallest absolute Gasteiger partial charge is 0.333 e. The van der Waals surface area contributed by atoms with Gasteiger partial charge in [0.2, 0.25) is 0 Å². The Morgan fingerprint density at radius 2 is 1.92 bits per heavy atom. The highest BCUT2D eigenvalue weighted by Gasteiger charge is 2.23. The maximum absolute atomic E-state index is 13.1. The van der Waals surface area contributed by atoms with E-state index in [4.69, 9.17) is 21.1 Å². The minimum atomic E-state index is -0.967. The SMILES string of the molecule is COC(=O)C(NC(=O)COc1ccc(F)c(Cl)c1)c1ccc(Br)cc1. The normalized spacial score (nSPS) is 11.5. The second-order valence-corrected chi connectivity index (χ2v) is 6.26. The van der Waals surface area contributed by atoms with Gasteiger partial charge in [-0.15, -0.1) is 0 Å². The van der Waals surface area contributed by atoms with Gasteiger partial charge in [0.15, 0.2) is 12.6 Å². The van der Waals surface area contributed by atoms with Gasteiger partial charge < -0.3 is 14.8 Å². The van der Waals surface area contributed by atoms with Gasteiger partial charge in [-0.1, -0.05) is 39.7 Å². The summed E-state index contributed by atoms with van der Waals surface area (Å²) < 4.78 is 23.9. The molecule has 0 spiro atoms. The Hall–Kier alpha value is -2.12. The molecule has 0 heterocycles. The van der Waals surface area contributed by atoms with Gasteiger partial charge in [-0.05, 0) is 29.8 Å². The third kappa shape index (κ3) is 5.44. The van der Waals surface area contributed by atoms with Gasteiger partial charge in [0.05, 0.1) is 12.1 Å². The van der Waals surface area contributed by atoms with Gasteiger partial charge in [0.25, 0.3) is 5.91 Å². The summed E-state index contributed by atoms with van der Waals surface area (Å²) in [7, 11) is 1.23. The summed E-state index contributed by atoms with van der Waals surface area (Å²) in [6, 6.07) is 9.64. The third-order valence-corrected chi connectivity index (χ3v) is 4.02. The van der Waals surface area contributed by atoms with Gasteiger partial charge in [0, 0.05) is 10.5 Å². The van der Waals surface area contributed by atoms with E-state index in [0.717, 1.165) is 10.5 Å². The monoisotopic (exact) mass is 429 g/mol. The Morgan fingerprint density at radius 3 is 2.52 bits per heavy atom. The molecule has 0 aliphatic rings. The molecule has 0 fully saturated rings. The molecule has 1 amide bonds. The second kappa shape index (κ2) is 8.82. The Bertz CT molecular complexity index is 770. The molecule has 0 aliphatic carbocycles. The van der Waals surface area contributed by atoms with Crippen molar-refractivity contribution in [3.63, 3.8) is 0 Å². The molecule has 8 heteroatoms. The first-order valence-corrected chi connectivity index (χ1v) is 8.28. The number of carbonyl (C=O) groups is 2. The van der Waals surface area contributed by atoms with Gasteiger partial charge in [-0.2, -0.15) is 0 Å². The highest BCUT2D eigenvalue weighted by Crippen LogP contribution is 2.21. The van der Waals surface area contributed by atoms with E-state index in [9.17, 15) is 14.0 Å². The van der Waals surface area contributed by atoms with Crippen molar-refractivity contribution >= 4 is 39.4 Å². The van der Waals surface area contributed by atoms with E-state index in [0.29, 0.717) is 5.56 Å². The van der Waals surface area contributed by atoms with Crippen LogP contribution >= 0.6 is 27.5 Å². The molecule has 0 aromatic heterocycles. The topological polar surface area (TPSA) is 64.6 Å². The van der Waals surface area contributed by atoms with Crippen molar-refractivity contribution in [3.05, 3.63) is 63.3 Å². The van der Waals surface area contributed by atoms with Crippen molar-refractivity contribution in [3.8, 4) is 5.75 Å². The van der Waals surface area contributed by atoms with Crippen LogP contribution in [0.5, 0.6) is 5.75 Å². The Morgan fingerprint density at radius 1 is 1.24 bits per heavy atom. The van der Waals surface area contributed by atoms with Crippen molar-refractivity contribution in [2.75, 3.05) is 13.7 Å². The molecule has 0 saturated carbocycles. The fourth-order valence-corrected chi connectivity index (χ4v) is 2.40. The second-order valence-electron chi connectivity index (χ2n) is 4.94. The summed E-state index contributed by atoms with van der Waals surface area (Å²) >= 11 is 8.95. The first kappa shape index (κ1) is 19.2. The van der Waals surface area contributed by atoms with Crippen LogP contribution in [0.1, 0.15) is 11.6 Å². The van der Waals surface area contributed by atoms with Crippen LogP contribution < -0.4 is 10.1 Å². The van der Waals surface area contributed by atoms with Crippen LogP contribution in [-0.4, -0.2) is 25.6 Å². The molecule has 5 nitrogen and oxygen atoms in total. The van der Waals surface area contributed by atoms with Gasteiger partial charge in [0.1, 0.15) is 11.6 Å². The number of nitrogens with one attached hydrogen (secondary N) is 1. The summed E-state index contributed by atoms with van der Waals surface area (Å²) in [5, 5.41) is 2.43. The van der Waals surface area contributed by atoms with E-state index < -0.39 is 23.7 Å². The number of hydrogen-bond acceptors (Lipinski definition) is 4. The van der Waals surface area contributed by atoms with Gasteiger partial charge >= 0.3 is 5.97 Å². The lowest BCUT2D eigenvalue weighted by molar-refractivity contribution is -0.145. The van der Waals surface area contributed by atoms with E-state index in [-0.39, 0.29) is 17.4 Å². The summed E-state index contributed by atoms with van der Waals surface area (Å²) in [4.78, 5) is 24.0. The predicted molar refractivity (Wildman–Crippen MR) is 93.9 cm³/mol. The Labute approximate surface area is 157 Å². The molecule has 2 aromatic carbocycles. The molecule has 25 heavy (non-hydrogen) atoms. The minimum Gasteiger partial charge on any atom is -0.484 e. The van der Waals surface area contributed by atoms with E-state index in [1.54, 1.807) is 24.3 Å². The number of esters is 1. The number of halogens is 3. The highest BCUT2D eigenvalue weighted by molar-refractivity contribution is 9.10. The number of methoxy groups -OCH3 is 1. The van der Waals surface area contributed by atoms with Crippen LogP contribution in [-0.2, 0) is 14.3 Å². The molecule has 1 unspecified atom stereocenters. The highest BCUT2D eigenvalue weighted by atomic mass is 79.9. The predicted octanol–water partition coefficient (Wildman–Crippen LogP) is 3.65. The molecule has 1 atom stereocenters. The lowest BCUT2D eigenvalue weighted by Crippen LogP contribution is -2.37. The molecule has 0 radical (unpaired) electrons. The molecular weight excluding hydrogens is 417 g/mol.